The molecule has 3 nitrogen and oxygen atoms in total. The minimum Gasteiger partial charge on any atom is -0.489 e. The molecule has 2 N–H and O–H groups in total. The fourth-order valence-electron chi connectivity index (χ4n) is 1.53. The van der Waals surface area contributed by atoms with Crippen LogP contribution in [0.25, 0.3) is 0 Å². The van der Waals surface area contributed by atoms with Crippen LogP contribution < -0.4 is 10.5 Å². The summed E-state index contributed by atoms with van der Waals surface area (Å²) >= 11 is 5.89. The van der Waals surface area contributed by atoms with Gasteiger partial charge in [0.15, 0.2) is 0 Å². The van der Waals surface area contributed by atoms with Gasteiger partial charge >= 0.3 is 0 Å². The fraction of sp³-hybridized carbons (Fsp3) is 0.0714. The van der Waals surface area contributed by atoms with Crippen molar-refractivity contribution in [3.05, 3.63) is 64.7 Å². The van der Waals surface area contributed by atoms with E-state index in [0.29, 0.717) is 22.9 Å². The number of hydrogen-bond donors (Lipinski definition) is 1. The smallest absolute Gasteiger partial charge is 0.248 e. The number of rotatable bonds is 4. The molecule has 0 spiro atoms. The van der Waals surface area contributed by atoms with E-state index in [2.05, 4.69) is 0 Å². The summed E-state index contributed by atoms with van der Waals surface area (Å²) in [6, 6.07) is 14.5. The quantitative estimate of drug-likeness (QED) is 0.920. The lowest BCUT2D eigenvalue weighted by atomic mass is 10.2. The molecule has 0 radical (unpaired) electrons. The third-order valence-corrected chi connectivity index (χ3v) is 2.62. The maximum Gasteiger partial charge on any atom is 0.248 e. The molecule has 0 aromatic heterocycles. The Kier molecular flexibility index (Phi) is 3.85. The second-order valence-corrected chi connectivity index (χ2v) is 4.25. The number of amides is 1. The van der Waals surface area contributed by atoms with Gasteiger partial charge in [0.2, 0.25) is 5.91 Å². The van der Waals surface area contributed by atoms with Crippen LogP contribution >= 0.6 is 11.6 Å². The summed E-state index contributed by atoms with van der Waals surface area (Å²) in [7, 11) is 0. The van der Waals surface area contributed by atoms with Gasteiger partial charge in [0, 0.05) is 10.6 Å². The van der Waals surface area contributed by atoms with Crippen LogP contribution in [0.3, 0.4) is 0 Å². The van der Waals surface area contributed by atoms with Gasteiger partial charge in [-0.25, -0.2) is 0 Å². The highest BCUT2D eigenvalue weighted by Gasteiger charge is 2.05. The minimum absolute atomic E-state index is 0.338. The van der Waals surface area contributed by atoms with E-state index in [1.807, 2.05) is 30.3 Å². The Bertz CT molecular complexity index is 555. The van der Waals surface area contributed by atoms with Gasteiger partial charge in [-0.15, -0.1) is 0 Å². The molecule has 1 amide bonds. The van der Waals surface area contributed by atoms with Gasteiger partial charge in [-0.1, -0.05) is 41.9 Å². The maximum absolute atomic E-state index is 11.1. The number of primary amides is 1. The standard InChI is InChI=1S/C14H12ClNO2/c15-12-6-11(14(16)17)7-13(8-12)18-9-10-4-2-1-3-5-10/h1-8H,9H2,(H2,16,17). The van der Waals surface area contributed by atoms with Crippen LogP contribution in [0.2, 0.25) is 5.02 Å². The Hall–Kier alpha value is -2.00. The van der Waals surface area contributed by atoms with E-state index in [1.54, 1.807) is 12.1 Å². The number of ether oxygens (including phenoxy) is 1. The molecule has 4 heteroatoms. The lowest BCUT2D eigenvalue weighted by molar-refractivity contribution is 0.1000. The van der Waals surface area contributed by atoms with E-state index in [-0.39, 0.29) is 0 Å². The van der Waals surface area contributed by atoms with Crippen molar-refractivity contribution in [1.82, 2.24) is 0 Å². The van der Waals surface area contributed by atoms with Gasteiger partial charge in [-0.05, 0) is 23.8 Å². The number of carbonyl (C=O) groups is 1. The monoisotopic (exact) mass is 261 g/mol. The van der Waals surface area contributed by atoms with E-state index in [9.17, 15) is 4.79 Å². The third-order valence-electron chi connectivity index (χ3n) is 2.40. The van der Waals surface area contributed by atoms with Crippen molar-refractivity contribution >= 4 is 17.5 Å². The molecular formula is C14H12ClNO2. The van der Waals surface area contributed by atoms with Crippen molar-refractivity contribution in [3.63, 3.8) is 0 Å². The Morgan fingerprint density at radius 2 is 1.89 bits per heavy atom. The summed E-state index contributed by atoms with van der Waals surface area (Å²) in [5, 5.41) is 0.425. The van der Waals surface area contributed by atoms with Crippen LogP contribution in [0.4, 0.5) is 0 Å². The van der Waals surface area contributed by atoms with E-state index >= 15 is 0 Å². The van der Waals surface area contributed by atoms with E-state index in [0.717, 1.165) is 5.56 Å². The summed E-state index contributed by atoms with van der Waals surface area (Å²) in [4.78, 5) is 11.1. The van der Waals surface area contributed by atoms with Crippen LogP contribution in [0.5, 0.6) is 5.75 Å². The fourth-order valence-corrected chi connectivity index (χ4v) is 1.75. The zero-order chi connectivity index (χ0) is 13.0. The topological polar surface area (TPSA) is 52.3 Å². The van der Waals surface area contributed by atoms with Gasteiger partial charge in [0.1, 0.15) is 12.4 Å². The number of nitrogens with two attached hydrogens (primary N) is 1. The van der Waals surface area contributed by atoms with Crippen molar-refractivity contribution in [2.45, 2.75) is 6.61 Å². The normalized spacial score (nSPS) is 10.1. The number of carbonyl (C=O) groups excluding carboxylic acids is 1. The molecule has 2 aromatic carbocycles. The molecule has 2 aromatic rings. The van der Waals surface area contributed by atoms with Gasteiger partial charge in [0.25, 0.3) is 0 Å². The molecule has 0 heterocycles. The Balaban J connectivity index is 2.12. The molecule has 0 aliphatic carbocycles. The Labute approximate surface area is 110 Å². The van der Waals surface area contributed by atoms with Crippen LogP contribution in [0.1, 0.15) is 15.9 Å². The molecule has 0 aliphatic rings. The zero-order valence-corrected chi connectivity index (χ0v) is 10.4. The third kappa shape index (κ3) is 3.25. The molecule has 0 fully saturated rings. The van der Waals surface area contributed by atoms with E-state index < -0.39 is 5.91 Å². The summed E-state index contributed by atoms with van der Waals surface area (Å²) < 4.78 is 5.57. The van der Waals surface area contributed by atoms with Crippen LogP contribution in [-0.2, 0) is 6.61 Å². The first-order valence-corrected chi connectivity index (χ1v) is 5.80. The van der Waals surface area contributed by atoms with Crippen molar-refractivity contribution in [2.75, 3.05) is 0 Å². The Morgan fingerprint density at radius 3 is 2.56 bits per heavy atom. The molecule has 18 heavy (non-hydrogen) atoms. The average Bonchev–Trinajstić information content (AvgIpc) is 2.37. The lowest BCUT2D eigenvalue weighted by Crippen LogP contribution is -2.11. The largest absolute Gasteiger partial charge is 0.489 e. The van der Waals surface area contributed by atoms with Crippen LogP contribution in [-0.4, -0.2) is 5.91 Å². The molecule has 0 atom stereocenters. The molecular weight excluding hydrogens is 250 g/mol. The van der Waals surface area contributed by atoms with E-state index in [4.69, 9.17) is 22.1 Å². The Morgan fingerprint density at radius 1 is 1.17 bits per heavy atom. The van der Waals surface area contributed by atoms with Crippen LogP contribution in [0, 0.1) is 0 Å². The second-order valence-electron chi connectivity index (χ2n) is 3.81. The highest BCUT2D eigenvalue weighted by atomic mass is 35.5. The summed E-state index contributed by atoms with van der Waals surface area (Å²) in [6.07, 6.45) is 0. The summed E-state index contributed by atoms with van der Waals surface area (Å²) in [5.41, 5.74) is 6.58. The number of benzene rings is 2. The van der Waals surface area contributed by atoms with Gasteiger partial charge < -0.3 is 10.5 Å². The lowest BCUT2D eigenvalue weighted by Gasteiger charge is -2.08. The van der Waals surface area contributed by atoms with Crippen molar-refractivity contribution in [3.8, 4) is 5.75 Å². The first kappa shape index (κ1) is 12.5. The minimum atomic E-state index is -0.526. The molecule has 0 bridgehead atoms. The van der Waals surface area contributed by atoms with Gasteiger partial charge in [-0.3, -0.25) is 4.79 Å². The summed E-state index contributed by atoms with van der Waals surface area (Å²) in [5.74, 6) is 0.00205. The second kappa shape index (κ2) is 5.56. The number of hydrogen-bond acceptors (Lipinski definition) is 2. The molecule has 2 rings (SSSR count). The SMILES string of the molecule is NC(=O)c1cc(Cl)cc(OCc2ccccc2)c1. The zero-order valence-electron chi connectivity index (χ0n) is 9.60. The average molecular weight is 262 g/mol. The molecule has 92 valence electrons. The molecule has 0 unspecified atom stereocenters. The highest BCUT2D eigenvalue weighted by molar-refractivity contribution is 6.31. The predicted molar refractivity (Wildman–Crippen MR) is 70.7 cm³/mol. The number of halogens is 1. The first-order chi connectivity index (χ1) is 8.65. The molecule has 0 saturated carbocycles. The highest BCUT2D eigenvalue weighted by Crippen LogP contribution is 2.21. The maximum atomic E-state index is 11.1. The summed E-state index contributed by atoms with van der Waals surface area (Å²) in [6.45, 7) is 0.416. The molecule has 0 aliphatic heterocycles. The van der Waals surface area contributed by atoms with Gasteiger partial charge in [0.05, 0.1) is 0 Å². The van der Waals surface area contributed by atoms with Crippen molar-refractivity contribution < 1.29 is 9.53 Å². The predicted octanol–water partition coefficient (Wildman–Crippen LogP) is 3.02. The van der Waals surface area contributed by atoms with E-state index in [1.165, 1.54) is 6.07 Å². The van der Waals surface area contributed by atoms with Crippen LogP contribution in [0.15, 0.2) is 48.5 Å². The first-order valence-electron chi connectivity index (χ1n) is 5.42. The van der Waals surface area contributed by atoms with Gasteiger partial charge in [-0.2, -0.15) is 0 Å². The molecule has 0 saturated heterocycles. The van der Waals surface area contributed by atoms with Crippen molar-refractivity contribution in [2.24, 2.45) is 5.73 Å². The van der Waals surface area contributed by atoms with Crippen molar-refractivity contribution in [1.29, 1.82) is 0 Å².